The van der Waals surface area contributed by atoms with E-state index in [1.807, 2.05) is 0 Å². The molecule has 0 N–H and O–H groups in total. The number of hydrogen-bond acceptors (Lipinski definition) is 2. The second-order valence-corrected chi connectivity index (χ2v) is 3.63. The summed E-state index contributed by atoms with van der Waals surface area (Å²) in [7, 11) is 0. The molecule has 0 aliphatic heterocycles. The lowest BCUT2D eigenvalue weighted by molar-refractivity contribution is 0.577. The molecule has 0 aliphatic rings. The number of aromatic nitrogens is 2. The molecule has 0 bridgehead atoms. The van der Waals surface area contributed by atoms with Crippen LogP contribution in [0.5, 0.6) is 0 Å². The van der Waals surface area contributed by atoms with E-state index in [4.69, 9.17) is 0 Å². The van der Waals surface area contributed by atoms with Gasteiger partial charge in [0.05, 0.1) is 0 Å². The van der Waals surface area contributed by atoms with Gasteiger partial charge in [-0.25, -0.2) is 12.9 Å². The zero-order valence-electron chi connectivity index (χ0n) is 7.02. The molecule has 1 aromatic carbocycles. The summed E-state index contributed by atoms with van der Waals surface area (Å²) in [6.45, 7) is 0. The Bertz CT molecular complexity index is 408. The van der Waals surface area contributed by atoms with Gasteiger partial charge in [0, 0.05) is 35.3 Å². The molecule has 0 unspecified atom stereocenters. The van der Waals surface area contributed by atoms with Gasteiger partial charge in [-0.15, -0.1) is 0 Å². The highest BCUT2D eigenvalue weighted by Gasteiger charge is 2.02. The molecule has 2 aromatic rings. The molecule has 1 aromatic heterocycles. The standard InChI is InChI=1S/C9H6F2N2S/c10-7-4-8(11)6-9(5-7)14-13-3-1-2-12-13/h1-6H. The molecule has 0 radical (unpaired) electrons. The van der Waals surface area contributed by atoms with Gasteiger partial charge in [-0.1, -0.05) is 0 Å². The quantitative estimate of drug-likeness (QED) is 0.761. The Balaban J connectivity index is 2.25. The van der Waals surface area contributed by atoms with E-state index in [2.05, 4.69) is 5.10 Å². The first-order chi connectivity index (χ1) is 6.74. The van der Waals surface area contributed by atoms with Crippen LogP contribution in [0.1, 0.15) is 0 Å². The zero-order chi connectivity index (χ0) is 9.97. The van der Waals surface area contributed by atoms with E-state index in [1.165, 1.54) is 16.2 Å². The molecule has 14 heavy (non-hydrogen) atoms. The van der Waals surface area contributed by atoms with Gasteiger partial charge >= 0.3 is 0 Å². The first-order valence-electron chi connectivity index (χ1n) is 3.88. The Morgan fingerprint density at radius 2 is 1.86 bits per heavy atom. The van der Waals surface area contributed by atoms with Crippen molar-refractivity contribution in [3.63, 3.8) is 0 Å². The molecule has 1 heterocycles. The van der Waals surface area contributed by atoms with E-state index in [9.17, 15) is 8.78 Å². The fourth-order valence-corrected chi connectivity index (χ4v) is 1.78. The van der Waals surface area contributed by atoms with Crippen molar-refractivity contribution in [2.24, 2.45) is 0 Å². The summed E-state index contributed by atoms with van der Waals surface area (Å²) in [5.41, 5.74) is 0. The molecular weight excluding hydrogens is 206 g/mol. The Morgan fingerprint density at radius 1 is 1.14 bits per heavy atom. The minimum atomic E-state index is -0.584. The summed E-state index contributed by atoms with van der Waals surface area (Å²) in [4.78, 5) is 0.478. The van der Waals surface area contributed by atoms with Gasteiger partial charge in [0.25, 0.3) is 0 Å². The van der Waals surface area contributed by atoms with Crippen molar-refractivity contribution >= 4 is 11.9 Å². The third-order valence-corrected chi connectivity index (χ3v) is 2.36. The normalized spacial score (nSPS) is 10.4. The topological polar surface area (TPSA) is 17.8 Å². The second kappa shape index (κ2) is 3.79. The van der Waals surface area contributed by atoms with Crippen molar-refractivity contribution in [1.29, 1.82) is 0 Å². The minimum Gasteiger partial charge on any atom is -0.209 e. The lowest BCUT2D eigenvalue weighted by Crippen LogP contribution is -1.88. The van der Waals surface area contributed by atoms with Crippen molar-refractivity contribution in [2.75, 3.05) is 0 Å². The number of nitrogens with zero attached hydrogens (tertiary/aromatic N) is 2. The molecule has 0 amide bonds. The molecule has 72 valence electrons. The summed E-state index contributed by atoms with van der Waals surface area (Å²) >= 11 is 1.15. The van der Waals surface area contributed by atoms with Gasteiger partial charge in [0.15, 0.2) is 0 Å². The van der Waals surface area contributed by atoms with Crippen LogP contribution in [0.4, 0.5) is 8.78 Å². The summed E-state index contributed by atoms with van der Waals surface area (Å²) < 4.78 is 27.1. The fraction of sp³-hybridized carbons (Fsp3) is 0. The highest BCUT2D eigenvalue weighted by atomic mass is 32.2. The van der Waals surface area contributed by atoms with Gasteiger partial charge < -0.3 is 0 Å². The summed E-state index contributed by atoms with van der Waals surface area (Å²) in [6.07, 6.45) is 3.30. The Hall–Kier alpha value is -1.36. The van der Waals surface area contributed by atoms with E-state index in [1.54, 1.807) is 18.5 Å². The minimum absolute atomic E-state index is 0.478. The molecular formula is C9H6F2N2S. The van der Waals surface area contributed by atoms with Gasteiger partial charge in [0.2, 0.25) is 0 Å². The molecule has 2 nitrogen and oxygen atoms in total. The van der Waals surface area contributed by atoms with E-state index in [-0.39, 0.29) is 0 Å². The van der Waals surface area contributed by atoms with Crippen molar-refractivity contribution in [2.45, 2.75) is 4.90 Å². The largest absolute Gasteiger partial charge is 0.209 e. The van der Waals surface area contributed by atoms with Gasteiger partial charge in [-0.3, -0.25) is 0 Å². The van der Waals surface area contributed by atoms with Crippen molar-refractivity contribution in [1.82, 2.24) is 9.19 Å². The molecule has 0 atom stereocenters. The number of benzene rings is 1. The van der Waals surface area contributed by atoms with Gasteiger partial charge in [-0.2, -0.15) is 5.10 Å². The summed E-state index contributed by atoms with van der Waals surface area (Å²) in [6, 6.07) is 5.10. The Labute approximate surface area is 83.7 Å². The number of hydrogen-bond donors (Lipinski definition) is 0. The smallest absolute Gasteiger partial charge is 0.127 e. The first-order valence-corrected chi connectivity index (χ1v) is 4.65. The zero-order valence-corrected chi connectivity index (χ0v) is 7.84. The molecule has 5 heteroatoms. The average molecular weight is 212 g/mol. The maximum absolute atomic E-state index is 12.8. The highest BCUT2D eigenvalue weighted by Crippen LogP contribution is 2.20. The fourth-order valence-electron chi connectivity index (χ4n) is 0.998. The summed E-state index contributed by atoms with van der Waals surface area (Å²) in [5.74, 6) is -1.17. The maximum Gasteiger partial charge on any atom is 0.127 e. The van der Waals surface area contributed by atoms with Crippen molar-refractivity contribution in [3.8, 4) is 0 Å². The second-order valence-electron chi connectivity index (χ2n) is 2.61. The van der Waals surface area contributed by atoms with Crippen LogP contribution in [-0.2, 0) is 0 Å². The Kier molecular flexibility index (Phi) is 2.49. The van der Waals surface area contributed by atoms with Crippen LogP contribution in [0, 0.1) is 11.6 Å². The van der Waals surface area contributed by atoms with E-state index >= 15 is 0 Å². The Morgan fingerprint density at radius 3 is 2.43 bits per heavy atom. The molecule has 0 saturated carbocycles. The SMILES string of the molecule is Fc1cc(F)cc(Sn2cccn2)c1. The van der Waals surface area contributed by atoms with Gasteiger partial charge in [-0.05, 0) is 18.2 Å². The van der Waals surface area contributed by atoms with E-state index in [0.29, 0.717) is 4.90 Å². The lowest BCUT2D eigenvalue weighted by atomic mass is 10.3. The maximum atomic E-state index is 12.8. The molecule has 0 saturated heterocycles. The average Bonchev–Trinajstić information content (AvgIpc) is 2.54. The van der Waals surface area contributed by atoms with Crippen LogP contribution in [-0.4, -0.2) is 9.19 Å². The molecule has 0 aliphatic carbocycles. The number of rotatable bonds is 2. The van der Waals surface area contributed by atoms with E-state index in [0.717, 1.165) is 18.0 Å². The van der Waals surface area contributed by atoms with Crippen LogP contribution in [0.3, 0.4) is 0 Å². The van der Waals surface area contributed by atoms with E-state index < -0.39 is 11.6 Å². The van der Waals surface area contributed by atoms with Crippen LogP contribution in [0.25, 0.3) is 0 Å². The predicted octanol–water partition coefficient (Wildman–Crippen LogP) is 2.72. The van der Waals surface area contributed by atoms with Crippen LogP contribution in [0.2, 0.25) is 0 Å². The lowest BCUT2D eigenvalue weighted by Gasteiger charge is -2.00. The summed E-state index contributed by atoms with van der Waals surface area (Å²) in [5, 5.41) is 3.91. The first kappa shape index (κ1) is 9.21. The van der Waals surface area contributed by atoms with Crippen molar-refractivity contribution in [3.05, 3.63) is 48.3 Å². The van der Waals surface area contributed by atoms with Crippen LogP contribution >= 0.6 is 11.9 Å². The van der Waals surface area contributed by atoms with Crippen molar-refractivity contribution < 1.29 is 8.78 Å². The molecule has 0 spiro atoms. The third-order valence-electron chi connectivity index (χ3n) is 1.52. The monoisotopic (exact) mass is 212 g/mol. The third kappa shape index (κ3) is 2.11. The van der Waals surface area contributed by atoms with Gasteiger partial charge in [0.1, 0.15) is 11.6 Å². The molecule has 2 rings (SSSR count). The highest BCUT2D eigenvalue weighted by molar-refractivity contribution is 7.97. The predicted molar refractivity (Wildman–Crippen MR) is 49.8 cm³/mol. The molecule has 0 fully saturated rings. The van der Waals surface area contributed by atoms with Crippen LogP contribution in [0.15, 0.2) is 41.6 Å². The van der Waals surface area contributed by atoms with Crippen LogP contribution < -0.4 is 0 Å². The number of halogens is 2.